The molecule has 0 fully saturated rings. The molecule has 8 aromatic carbocycles. The van der Waals surface area contributed by atoms with Crippen LogP contribution in [0.15, 0.2) is 218 Å². The number of benzene rings is 8. The fraction of sp³-hybridized carbons (Fsp3) is 0.0847. The average Bonchev–Trinajstić information content (AvgIpc) is 3.68. The molecule has 0 spiro atoms. The van der Waals surface area contributed by atoms with Crippen molar-refractivity contribution in [2.45, 2.75) is 25.7 Å². The summed E-state index contributed by atoms with van der Waals surface area (Å²) in [6, 6.07) is 71.4. The maximum absolute atomic E-state index is 2.49. The molecule has 0 saturated carbocycles. The van der Waals surface area contributed by atoms with Gasteiger partial charge in [-0.15, -0.1) is 0 Å². The Kier molecular flexibility index (Phi) is 9.39. The molecule has 2 nitrogen and oxygen atoms in total. The van der Waals surface area contributed by atoms with Crippen LogP contribution in [0.5, 0.6) is 0 Å². The summed E-state index contributed by atoms with van der Waals surface area (Å²) in [6.07, 6.45) is 13.7. The molecule has 0 bridgehead atoms. The van der Waals surface area contributed by atoms with Crippen molar-refractivity contribution in [2.75, 3.05) is 4.90 Å². The van der Waals surface area contributed by atoms with Gasteiger partial charge in [0, 0.05) is 39.6 Å². The van der Waals surface area contributed by atoms with Crippen LogP contribution in [0.2, 0.25) is 0 Å². The highest BCUT2D eigenvalue weighted by atomic mass is 15.1. The predicted molar refractivity (Wildman–Crippen MR) is 259 cm³/mol. The number of hydrogen-bond donors (Lipinski definition) is 0. The van der Waals surface area contributed by atoms with Gasteiger partial charge in [-0.25, -0.2) is 0 Å². The van der Waals surface area contributed by atoms with Gasteiger partial charge in [0.25, 0.3) is 0 Å². The van der Waals surface area contributed by atoms with Crippen LogP contribution in [-0.4, -0.2) is 4.57 Å². The molecule has 2 atom stereocenters. The van der Waals surface area contributed by atoms with Crippen molar-refractivity contribution in [3.63, 3.8) is 0 Å². The van der Waals surface area contributed by atoms with Crippen LogP contribution in [0, 0.1) is 5.92 Å². The van der Waals surface area contributed by atoms with Gasteiger partial charge in [-0.05, 0) is 129 Å². The number of fused-ring (bicyclic) bond motifs is 4. The summed E-state index contributed by atoms with van der Waals surface area (Å²) in [7, 11) is 0. The van der Waals surface area contributed by atoms with Crippen LogP contribution in [0.3, 0.4) is 0 Å². The molecule has 0 N–H and O–H groups in total. The van der Waals surface area contributed by atoms with E-state index < -0.39 is 0 Å². The van der Waals surface area contributed by atoms with Crippen LogP contribution < -0.4 is 4.90 Å². The first kappa shape index (κ1) is 36.6. The topological polar surface area (TPSA) is 8.17 Å². The van der Waals surface area contributed by atoms with E-state index in [1.54, 1.807) is 0 Å². The molecule has 292 valence electrons. The fourth-order valence-electron chi connectivity index (χ4n) is 9.68. The van der Waals surface area contributed by atoms with Crippen molar-refractivity contribution in [3.05, 3.63) is 241 Å². The Morgan fingerprint density at radius 3 is 1.93 bits per heavy atom. The molecule has 1 aromatic heterocycles. The van der Waals surface area contributed by atoms with E-state index in [1.165, 1.54) is 77.6 Å². The molecule has 2 heteroatoms. The molecular weight excluding hydrogens is 737 g/mol. The van der Waals surface area contributed by atoms with Crippen molar-refractivity contribution in [1.82, 2.24) is 4.57 Å². The maximum Gasteiger partial charge on any atom is 0.0616 e. The van der Waals surface area contributed by atoms with E-state index in [9.17, 15) is 0 Å². The Morgan fingerprint density at radius 2 is 1.16 bits per heavy atom. The third-order valence-corrected chi connectivity index (χ3v) is 12.6. The lowest BCUT2D eigenvalue weighted by atomic mass is 9.83. The molecule has 0 radical (unpaired) electrons. The molecule has 0 amide bonds. The highest BCUT2D eigenvalue weighted by Gasteiger charge is 2.29. The quantitative estimate of drug-likeness (QED) is 0.149. The van der Waals surface area contributed by atoms with Crippen LogP contribution in [0.4, 0.5) is 17.1 Å². The van der Waals surface area contributed by atoms with Gasteiger partial charge in [0.2, 0.25) is 0 Å². The van der Waals surface area contributed by atoms with Crippen molar-refractivity contribution in [1.29, 1.82) is 0 Å². The summed E-state index contributed by atoms with van der Waals surface area (Å²) in [5.41, 5.74) is 17.2. The highest BCUT2D eigenvalue weighted by molar-refractivity contribution is 6.01. The molecule has 1 heterocycles. The van der Waals surface area contributed by atoms with E-state index in [4.69, 9.17) is 0 Å². The number of nitrogens with zero attached hydrogens (tertiary/aromatic N) is 2. The number of anilines is 3. The van der Waals surface area contributed by atoms with Gasteiger partial charge in [-0.3, -0.25) is 0 Å². The summed E-state index contributed by atoms with van der Waals surface area (Å²) >= 11 is 0. The van der Waals surface area contributed by atoms with Crippen LogP contribution in [0.25, 0.3) is 61.3 Å². The van der Waals surface area contributed by atoms with Gasteiger partial charge in [-0.1, -0.05) is 171 Å². The first-order valence-electron chi connectivity index (χ1n) is 21.6. The zero-order chi connectivity index (χ0) is 40.7. The molecule has 2 unspecified atom stereocenters. The molecule has 9 aromatic rings. The molecule has 11 rings (SSSR count). The molecule has 61 heavy (non-hydrogen) atoms. The second-order valence-electron chi connectivity index (χ2n) is 16.6. The maximum atomic E-state index is 2.49. The van der Waals surface area contributed by atoms with Crippen molar-refractivity contribution < 1.29 is 0 Å². The lowest BCUT2D eigenvalue weighted by molar-refractivity contribution is 0.740. The zero-order valence-electron chi connectivity index (χ0n) is 34.3. The van der Waals surface area contributed by atoms with Gasteiger partial charge in [0.15, 0.2) is 0 Å². The second-order valence-corrected chi connectivity index (χ2v) is 16.6. The first-order valence-corrected chi connectivity index (χ1v) is 21.6. The largest absolute Gasteiger partial charge is 0.310 e. The van der Waals surface area contributed by atoms with E-state index in [0.717, 1.165) is 29.9 Å². The van der Waals surface area contributed by atoms with Gasteiger partial charge in [0.1, 0.15) is 0 Å². The van der Waals surface area contributed by atoms with Crippen molar-refractivity contribution >= 4 is 50.4 Å². The zero-order valence-corrected chi connectivity index (χ0v) is 34.3. The monoisotopic (exact) mass is 782 g/mol. The predicted octanol–water partition coefficient (Wildman–Crippen LogP) is 16.1. The minimum atomic E-state index is 0.171. The van der Waals surface area contributed by atoms with Crippen LogP contribution in [0.1, 0.15) is 48.1 Å². The number of para-hydroxylation sites is 2. The van der Waals surface area contributed by atoms with Crippen molar-refractivity contribution in [3.8, 4) is 27.9 Å². The van der Waals surface area contributed by atoms with Gasteiger partial charge in [0.05, 0.1) is 11.2 Å². The van der Waals surface area contributed by atoms with Gasteiger partial charge in [-0.2, -0.15) is 0 Å². The Bertz CT molecular complexity index is 3130. The van der Waals surface area contributed by atoms with Crippen LogP contribution in [-0.2, 0) is 0 Å². The summed E-state index contributed by atoms with van der Waals surface area (Å²) in [5, 5.41) is 3.81. The molecule has 0 saturated heterocycles. The van der Waals surface area contributed by atoms with E-state index in [1.807, 2.05) is 0 Å². The van der Waals surface area contributed by atoms with Crippen LogP contribution >= 0.6 is 0 Å². The Hall–Kier alpha value is -7.42. The molecule has 2 aliphatic rings. The number of rotatable bonds is 8. The summed E-state index contributed by atoms with van der Waals surface area (Å²) in [5.74, 6) is 0.715. The minimum absolute atomic E-state index is 0.171. The standard InChI is InChI=1S/C59H46N2/c1-41-14-10-19-46(38-41)43-30-34-51(35-31-43)60(52-36-32-44(33-37-52)48-29-28-42-15-8-9-18-47(42)39-48)53-23-11-20-49(40-53)54-24-13-27-57-58(54)56-26-12-25-55(45-16-4-2-5-17-45)59(56)61(57)50-21-6-3-7-22-50/h2-13,15-23,25-41,54H,14,24H2,1H3. The van der Waals surface area contributed by atoms with Gasteiger partial charge < -0.3 is 9.47 Å². The SMILES string of the molecule is CC1C=C(c2ccc(N(c3ccc(-c4ccc5ccccc5c4)cc3)c3cccc(C4CC=Cc5c4c4cccc(-c6ccccc6)c4n5-c4ccccc4)c3)cc2)C=CC1. The number of allylic oxidation sites excluding steroid dienone is 5. The second kappa shape index (κ2) is 15.6. The summed E-state index contributed by atoms with van der Waals surface area (Å²) in [4.78, 5) is 2.42. The third-order valence-electron chi connectivity index (χ3n) is 12.6. The summed E-state index contributed by atoms with van der Waals surface area (Å²) in [6.45, 7) is 2.29. The highest BCUT2D eigenvalue weighted by Crippen LogP contribution is 2.47. The normalized spacial score (nSPS) is 15.8. The number of aromatic nitrogens is 1. The average molecular weight is 783 g/mol. The minimum Gasteiger partial charge on any atom is -0.310 e. The Morgan fingerprint density at radius 1 is 0.492 bits per heavy atom. The van der Waals surface area contributed by atoms with E-state index >= 15 is 0 Å². The fourth-order valence-corrected chi connectivity index (χ4v) is 9.68. The lowest BCUT2D eigenvalue weighted by Gasteiger charge is -2.28. The van der Waals surface area contributed by atoms with Crippen molar-refractivity contribution in [2.24, 2.45) is 5.92 Å². The third kappa shape index (κ3) is 6.81. The number of hydrogen-bond acceptors (Lipinski definition) is 1. The summed E-state index contributed by atoms with van der Waals surface area (Å²) < 4.78 is 2.49. The molecule has 0 aliphatic heterocycles. The molecular formula is C59H46N2. The van der Waals surface area contributed by atoms with E-state index in [2.05, 4.69) is 241 Å². The van der Waals surface area contributed by atoms with E-state index in [-0.39, 0.29) is 5.92 Å². The smallest absolute Gasteiger partial charge is 0.0616 e. The van der Waals surface area contributed by atoms with Gasteiger partial charge >= 0.3 is 0 Å². The molecule has 2 aliphatic carbocycles. The van der Waals surface area contributed by atoms with E-state index in [0.29, 0.717) is 5.92 Å². The Balaban J connectivity index is 1.04. The lowest BCUT2D eigenvalue weighted by Crippen LogP contribution is -2.12. The Labute approximate surface area is 358 Å². The first-order chi connectivity index (χ1) is 30.2.